The zero-order valence-corrected chi connectivity index (χ0v) is 26.3. The maximum absolute atomic E-state index is 12.4. The number of pyridine rings is 1. The van der Waals surface area contributed by atoms with Gasteiger partial charge in [-0.05, 0) is 82.7 Å². The van der Waals surface area contributed by atoms with Crippen LogP contribution in [0.1, 0.15) is 46.5 Å². The van der Waals surface area contributed by atoms with Crippen molar-refractivity contribution >= 4 is 39.8 Å². The number of hydrogen-bond donors (Lipinski definition) is 0. The molecule has 0 bridgehead atoms. The number of rotatable bonds is 7. The van der Waals surface area contributed by atoms with Crippen molar-refractivity contribution in [1.82, 2.24) is 20.1 Å². The summed E-state index contributed by atoms with van der Waals surface area (Å²) in [4.78, 5) is 34.5. The summed E-state index contributed by atoms with van der Waals surface area (Å²) >= 11 is 3.63. The second-order valence-corrected chi connectivity index (χ2v) is 13.2. The summed E-state index contributed by atoms with van der Waals surface area (Å²) < 4.78 is 12.7. The van der Waals surface area contributed by atoms with E-state index in [1.807, 2.05) is 45.0 Å². The number of hydrogen-bond acceptors (Lipinski definition) is 9. The van der Waals surface area contributed by atoms with Crippen LogP contribution in [0.25, 0.3) is 22.9 Å². The van der Waals surface area contributed by atoms with Gasteiger partial charge in [0.05, 0.1) is 11.3 Å². The zero-order valence-electron chi connectivity index (χ0n) is 24.8. The van der Waals surface area contributed by atoms with E-state index in [1.54, 1.807) is 18.1 Å². The van der Waals surface area contributed by atoms with Gasteiger partial charge in [0.2, 0.25) is 11.8 Å². The van der Waals surface area contributed by atoms with Crippen molar-refractivity contribution in [3.8, 4) is 22.9 Å². The van der Waals surface area contributed by atoms with Gasteiger partial charge in [0, 0.05) is 61.9 Å². The van der Waals surface area contributed by atoms with E-state index in [0.717, 1.165) is 78.7 Å². The quantitative estimate of drug-likeness (QED) is 0.286. The van der Waals surface area contributed by atoms with Crippen LogP contribution < -0.4 is 9.80 Å². The summed E-state index contributed by atoms with van der Waals surface area (Å²) in [6, 6.07) is 9.90. The summed E-state index contributed by atoms with van der Waals surface area (Å²) in [5, 5.41) is 8.80. The molecule has 0 spiro atoms. The minimum atomic E-state index is -0.506. The summed E-state index contributed by atoms with van der Waals surface area (Å²) in [5.41, 5.74) is 2.19. The van der Waals surface area contributed by atoms with Crippen LogP contribution in [-0.4, -0.2) is 77.8 Å². The van der Waals surface area contributed by atoms with E-state index in [2.05, 4.69) is 47.0 Å². The maximum atomic E-state index is 12.4. The maximum Gasteiger partial charge on any atom is 0.410 e. The lowest BCUT2D eigenvalue weighted by molar-refractivity contribution is -0.111. The standard InChI is InChI=1S/C31H39BrN6O4/c1-31(2,3)42-30(40)36(4)18-21-10-14-37(15-11-21)26-17-24(32)7-8-25(26)29-35-34-28(41-29)23-9-12-33-27(16-23)38-13-5-6-22(19-38)20-39/h7-9,12,16-17,20-22H,5-6,10-11,13-15,18-19H2,1-4H3. The molecule has 10 nitrogen and oxygen atoms in total. The minimum absolute atomic E-state index is 0.0333. The summed E-state index contributed by atoms with van der Waals surface area (Å²) in [5.74, 6) is 2.12. The first-order valence-electron chi connectivity index (χ1n) is 14.6. The molecule has 1 aromatic carbocycles. The third-order valence-corrected chi connectivity index (χ3v) is 8.27. The van der Waals surface area contributed by atoms with Gasteiger partial charge in [-0.15, -0.1) is 10.2 Å². The summed E-state index contributed by atoms with van der Waals surface area (Å²) in [6.07, 6.45) is 6.29. The molecule has 1 unspecified atom stereocenters. The highest BCUT2D eigenvalue weighted by atomic mass is 79.9. The number of nitrogens with zero attached hydrogens (tertiary/aromatic N) is 6. The van der Waals surface area contributed by atoms with E-state index in [9.17, 15) is 9.59 Å². The Kier molecular flexibility index (Phi) is 9.15. The molecule has 2 saturated heterocycles. The molecule has 5 rings (SSSR count). The Hall–Kier alpha value is -3.47. The first-order chi connectivity index (χ1) is 20.1. The van der Waals surface area contributed by atoms with E-state index in [0.29, 0.717) is 30.8 Å². The van der Waals surface area contributed by atoms with Crippen LogP contribution >= 0.6 is 15.9 Å². The Morgan fingerprint density at radius 1 is 1.10 bits per heavy atom. The second-order valence-electron chi connectivity index (χ2n) is 12.3. The van der Waals surface area contributed by atoms with Gasteiger partial charge >= 0.3 is 6.09 Å². The van der Waals surface area contributed by atoms with Gasteiger partial charge < -0.3 is 28.6 Å². The molecule has 224 valence electrons. The van der Waals surface area contributed by atoms with Gasteiger partial charge in [-0.1, -0.05) is 15.9 Å². The molecule has 11 heteroatoms. The molecule has 0 radical (unpaired) electrons. The fourth-order valence-corrected chi connectivity index (χ4v) is 5.96. The summed E-state index contributed by atoms with van der Waals surface area (Å²) in [6.45, 7) is 9.56. The first kappa shape index (κ1) is 30.0. The van der Waals surface area contributed by atoms with Gasteiger partial charge in [-0.2, -0.15) is 0 Å². The molecule has 2 aromatic heterocycles. The third kappa shape index (κ3) is 7.29. The molecule has 2 fully saturated rings. The minimum Gasteiger partial charge on any atom is -0.444 e. The molecule has 0 aliphatic carbocycles. The lowest BCUT2D eigenvalue weighted by Gasteiger charge is -2.36. The predicted octanol–water partition coefficient (Wildman–Crippen LogP) is 6.06. The Labute approximate surface area is 255 Å². The largest absolute Gasteiger partial charge is 0.444 e. The molecule has 1 amide bonds. The summed E-state index contributed by atoms with van der Waals surface area (Å²) in [7, 11) is 1.81. The molecule has 1 atom stereocenters. The molecule has 4 heterocycles. The van der Waals surface area contributed by atoms with Crippen molar-refractivity contribution in [3.63, 3.8) is 0 Å². The van der Waals surface area contributed by atoms with Crippen LogP contribution in [0.3, 0.4) is 0 Å². The van der Waals surface area contributed by atoms with Gasteiger partial charge in [0.15, 0.2) is 0 Å². The highest BCUT2D eigenvalue weighted by molar-refractivity contribution is 9.10. The predicted molar refractivity (Wildman–Crippen MR) is 165 cm³/mol. The van der Waals surface area contributed by atoms with Crippen molar-refractivity contribution in [2.75, 3.05) is 49.6 Å². The lowest BCUT2D eigenvalue weighted by atomic mass is 9.95. The van der Waals surface area contributed by atoms with Gasteiger partial charge in [0.1, 0.15) is 17.7 Å². The van der Waals surface area contributed by atoms with E-state index in [1.165, 1.54) is 0 Å². The number of carbonyl (C=O) groups is 2. The number of aromatic nitrogens is 3. The highest BCUT2D eigenvalue weighted by Crippen LogP contribution is 2.36. The number of aldehydes is 1. The van der Waals surface area contributed by atoms with Crippen LogP contribution in [0.4, 0.5) is 16.3 Å². The number of carbonyl (C=O) groups excluding carboxylic acids is 2. The van der Waals surface area contributed by atoms with E-state index in [-0.39, 0.29) is 12.0 Å². The van der Waals surface area contributed by atoms with Crippen molar-refractivity contribution < 1.29 is 18.7 Å². The molecule has 42 heavy (non-hydrogen) atoms. The van der Waals surface area contributed by atoms with Crippen LogP contribution in [0, 0.1) is 11.8 Å². The van der Waals surface area contributed by atoms with Crippen LogP contribution in [0.15, 0.2) is 45.4 Å². The molecule has 2 aliphatic rings. The fourth-order valence-electron chi connectivity index (χ4n) is 5.61. The average molecular weight is 640 g/mol. The molecule has 0 N–H and O–H groups in total. The Morgan fingerprint density at radius 2 is 1.86 bits per heavy atom. The van der Waals surface area contributed by atoms with E-state index in [4.69, 9.17) is 9.15 Å². The number of benzene rings is 1. The van der Waals surface area contributed by atoms with Crippen molar-refractivity contribution in [1.29, 1.82) is 0 Å². The number of amides is 1. The average Bonchev–Trinajstić information content (AvgIpc) is 3.47. The van der Waals surface area contributed by atoms with Gasteiger partial charge in [-0.3, -0.25) is 0 Å². The van der Waals surface area contributed by atoms with E-state index < -0.39 is 5.60 Å². The lowest BCUT2D eigenvalue weighted by Crippen LogP contribution is -2.41. The Morgan fingerprint density at radius 3 is 2.60 bits per heavy atom. The molecule has 0 saturated carbocycles. The normalized spacial score (nSPS) is 18.2. The third-order valence-electron chi connectivity index (χ3n) is 7.77. The fraction of sp³-hybridized carbons (Fsp3) is 0.516. The zero-order chi connectivity index (χ0) is 29.9. The topological polar surface area (TPSA) is 105 Å². The second kappa shape index (κ2) is 12.8. The van der Waals surface area contributed by atoms with Crippen molar-refractivity contribution in [2.45, 2.75) is 52.1 Å². The first-order valence-corrected chi connectivity index (χ1v) is 15.4. The Balaban J connectivity index is 1.28. The number of halogens is 1. The van der Waals surface area contributed by atoms with Crippen LogP contribution in [0.2, 0.25) is 0 Å². The number of anilines is 2. The number of ether oxygens (including phenoxy) is 1. The molecule has 3 aromatic rings. The van der Waals surface area contributed by atoms with Gasteiger partial charge in [-0.25, -0.2) is 9.78 Å². The van der Waals surface area contributed by atoms with Gasteiger partial charge in [0.25, 0.3) is 0 Å². The van der Waals surface area contributed by atoms with Crippen molar-refractivity contribution in [3.05, 3.63) is 41.0 Å². The number of piperidine rings is 2. The van der Waals surface area contributed by atoms with Crippen LogP contribution in [-0.2, 0) is 9.53 Å². The molecular formula is C31H39BrN6O4. The van der Waals surface area contributed by atoms with E-state index >= 15 is 0 Å². The smallest absolute Gasteiger partial charge is 0.410 e. The SMILES string of the molecule is CN(CC1CCN(c2cc(Br)ccc2-c2nnc(-c3ccnc(N4CCCC(C=O)C4)c3)o2)CC1)C(=O)OC(C)(C)C. The Bertz CT molecular complexity index is 1400. The molecule has 2 aliphatic heterocycles. The molecular weight excluding hydrogens is 600 g/mol. The van der Waals surface area contributed by atoms with Crippen molar-refractivity contribution in [2.24, 2.45) is 11.8 Å². The highest BCUT2D eigenvalue weighted by Gasteiger charge is 2.27. The van der Waals surface area contributed by atoms with Crippen LogP contribution in [0.5, 0.6) is 0 Å². The monoisotopic (exact) mass is 638 g/mol.